The molecule has 0 aromatic heterocycles. The number of para-hydroxylation sites is 3. The van der Waals surface area contributed by atoms with Gasteiger partial charge in [-0.1, -0.05) is 24.3 Å². The topological polar surface area (TPSA) is 78.9 Å². The maximum Gasteiger partial charge on any atom is 0.278 e. The molecule has 2 aromatic rings. The van der Waals surface area contributed by atoms with Gasteiger partial charge in [0.1, 0.15) is 11.6 Å². The fourth-order valence-electron chi connectivity index (χ4n) is 2.78. The molecule has 1 aliphatic heterocycles. The van der Waals surface area contributed by atoms with Crippen LogP contribution in [0.4, 0.5) is 15.8 Å². The number of sulfonamides is 1. The minimum atomic E-state index is -4.08. The van der Waals surface area contributed by atoms with Crippen LogP contribution in [0.25, 0.3) is 0 Å². The summed E-state index contributed by atoms with van der Waals surface area (Å²) in [6.07, 6.45) is -1.06. The summed E-state index contributed by atoms with van der Waals surface area (Å²) in [6.45, 7) is 0.219. The summed E-state index contributed by atoms with van der Waals surface area (Å²) < 4.78 is 47.0. The predicted molar refractivity (Wildman–Crippen MR) is 92.9 cm³/mol. The molecule has 0 unspecified atom stereocenters. The van der Waals surface area contributed by atoms with E-state index in [1.165, 1.54) is 18.2 Å². The van der Waals surface area contributed by atoms with Gasteiger partial charge >= 0.3 is 0 Å². The van der Waals surface area contributed by atoms with Gasteiger partial charge in [-0.2, -0.15) is 0 Å². The third kappa shape index (κ3) is 3.33. The summed E-state index contributed by atoms with van der Waals surface area (Å²) in [5, 5.41) is 12.8. The maximum atomic E-state index is 14.3. The molecule has 1 aliphatic rings. The Morgan fingerprint density at radius 2 is 1.84 bits per heavy atom. The highest BCUT2D eigenvalue weighted by atomic mass is 32.2. The maximum absolute atomic E-state index is 14.3. The van der Waals surface area contributed by atoms with Crippen LogP contribution in [-0.2, 0) is 10.0 Å². The molecule has 0 spiro atoms. The number of hydrogen-bond acceptors (Lipinski definition) is 5. The average Bonchev–Trinajstić information content (AvgIpc) is 2.57. The average molecular weight is 366 g/mol. The van der Waals surface area contributed by atoms with Gasteiger partial charge in [0.2, 0.25) is 5.44 Å². The van der Waals surface area contributed by atoms with Crippen LogP contribution >= 0.6 is 0 Å². The zero-order valence-corrected chi connectivity index (χ0v) is 14.4. The largest absolute Gasteiger partial charge is 0.470 e. The SMILES string of the molecule is CNC[C@H](O)C[C@@H]1Oc2ccccc2N(c2ccccc2F)S1(=O)=O. The van der Waals surface area contributed by atoms with Crippen molar-refractivity contribution in [2.24, 2.45) is 0 Å². The van der Waals surface area contributed by atoms with Crippen molar-refractivity contribution in [3.8, 4) is 5.75 Å². The van der Waals surface area contributed by atoms with E-state index in [1.54, 1.807) is 37.4 Å². The third-order valence-corrected chi connectivity index (χ3v) is 5.76. The highest BCUT2D eigenvalue weighted by molar-refractivity contribution is 7.93. The summed E-state index contributed by atoms with van der Waals surface area (Å²) >= 11 is 0. The molecular formula is C17H19FN2O4S. The van der Waals surface area contributed by atoms with Gasteiger partial charge < -0.3 is 15.2 Å². The van der Waals surface area contributed by atoms with Crippen molar-refractivity contribution in [2.45, 2.75) is 18.0 Å². The fourth-order valence-corrected chi connectivity index (χ4v) is 4.55. The third-order valence-electron chi connectivity index (χ3n) is 3.90. The number of anilines is 2. The number of nitrogens with one attached hydrogen (secondary N) is 1. The Labute approximate surface area is 145 Å². The monoisotopic (exact) mass is 366 g/mol. The number of nitrogens with zero attached hydrogens (tertiary/aromatic N) is 1. The van der Waals surface area contributed by atoms with E-state index in [0.29, 0.717) is 5.75 Å². The van der Waals surface area contributed by atoms with Crippen LogP contribution in [0.1, 0.15) is 6.42 Å². The van der Waals surface area contributed by atoms with E-state index in [4.69, 9.17) is 4.74 Å². The molecule has 2 atom stereocenters. The number of aliphatic hydroxyl groups is 1. The molecule has 0 aliphatic carbocycles. The standard InChI is InChI=1S/C17H19FN2O4S/c1-19-11-12(21)10-17-24-16-9-5-4-8-15(16)20(25(17,22)23)14-7-3-2-6-13(14)18/h2-9,12,17,19,21H,10-11H2,1H3/t12-,17-/m1/s1. The Bertz CT molecular complexity index is 859. The molecule has 0 radical (unpaired) electrons. The summed E-state index contributed by atoms with van der Waals surface area (Å²) in [5.74, 6) is -0.334. The first-order chi connectivity index (χ1) is 11.9. The Morgan fingerprint density at radius 3 is 2.52 bits per heavy atom. The van der Waals surface area contributed by atoms with Gasteiger partial charge in [0, 0.05) is 13.0 Å². The highest BCUT2D eigenvalue weighted by Crippen LogP contribution is 2.43. The summed E-state index contributed by atoms with van der Waals surface area (Å²) in [4.78, 5) is 0. The van der Waals surface area contributed by atoms with E-state index in [9.17, 15) is 17.9 Å². The van der Waals surface area contributed by atoms with Crippen LogP contribution in [0.3, 0.4) is 0 Å². The fraction of sp³-hybridized carbons (Fsp3) is 0.294. The van der Waals surface area contributed by atoms with Gasteiger partial charge in [-0.3, -0.25) is 0 Å². The molecule has 6 nitrogen and oxygen atoms in total. The van der Waals surface area contributed by atoms with Gasteiger partial charge in [0.05, 0.1) is 17.5 Å². The number of rotatable bonds is 5. The van der Waals surface area contributed by atoms with E-state index >= 15 is 0 Å². The van der Waals surface area contributed by atoms with Gasteiger partial charge in [0.25, 0.3) is 10.0 Å². The molecule has 0 fully saturated rings. The number of likely N-dealkylation sites (N-methyl/N-ethyl adjacent to an activating group) is 1. The Morgan fingerprint density at radius 1 is 1.20 bits per heavy atom. The Kier molecular flexibility index (Phi) is 4.94. The van der Waals surface area contributed by atoms with Crippen LogP contribution in [0.5, 0.6) is 5.75 Å². The van der Waals surface area contributed by atoms with Gasteiger partial charge in [-0.15, -0.1) is 0 Å². The van der Waals surface area contributed by atoms with Crippen LogP contribution in [-0.4, -0.2) is 38.7 Å². The van der Waals surface area contributed by atoms with E-state index < -0.39 is 27.4 Å². The van der Waals surface area contributed by atoms with Gasteiger partial charge in [-0.05, 0) is 31.3 Å². The molecule has 0 bridgehead atoms. The quantitative estimate of drug-likeness (QED) is 0.846. The minimum absolute atomic E-state index is 0.0774. The van der Waals surface area contributed by atoms with Crippen LogP contribution in [0.15, 0.2) is 48.5 Å². The minimum Gasteiger partial charge on any atom is -0.470 e. The first-order valence-electron chi connectivity index (χ1n) is 7.82. The number of benzene rings is 2. The Hall–Kier alpha value is -2.16. The lowest BCUT2D eigenvalue weighted by atomic mass is 10.2. The van der Waals surface area contributed by atoms with Gasteiger partial charge in [-0.25, -0.2) is 17.1 Å². The van der Waals surface area contributed by atoms with Crippen molar-refractivity contribution in [3.05, 3.63) is 54.3 Å². The first kappa shape index (κ1) is 17.7. The molecule has 0 saturated heterocycles. The smallest absolute Gasteiger partial charge is 0.278 e. The number of aliphatic hydroxyl groups excluding tert-OH is 1. The predicted octanol–water partition coefficient (Wildman–Crippen LogP) is 1.98. The zero-order chi connectivity index (χ0) is 18.0. The summed E-state index contributed by atoms with van der Waals surface area (Å²) in [7, 11) is -2.43. The van der Waals surface area contributed by atoms with E-state index in [0.717, 1.165) is 4.31 Å². The molecule has 2 N–H and O–H groups in total. The molecule has 0 amide bonds. The van der Waals surface area contributed by atoms with Gasteiger partial charge in [0.15, 0.2) is 0 Å². The number of halogens is 1. The van der Waals surface area contributed by atoms with Crippen LogP contribution in [0.2, 0.25) is 0 Å². The lowest BCUT2D eigenvalue weighted by molar-refractivity contribution is 0.124. The second-order valence-corrected chi connectivity index (χ2v) is 7.64. The van der Waals surface area contributed by atoms with E-state index in [-0.39, 0.29) is 24.3 Å². The first-order valence-corrected chi connectivity index (χ1v) is 9.32. The molecule has 25 heavy (non-hydrogen) atoms. The lowest BCUT2D eigenvalue weighted by Crippen LogP contribution is -2.45. The molecule has 3 rings (SSSR count). The van der Waals surface area contributed by atoms with Crippen molar-refractivity contribution in [2.75, 3.05) is 17.9 Å². The molecular weight excluding hydrogens is 347 g/mol. The number of hydrogen-bond donors (Lipinski definition) is 2. The molecule has 1 heterocycles. The molecule has 0 saturated carbocycles. The van der Waals surface area contributed by atoms with E-state index in [2.05, 4.69) is 5.32 Å². The van der Waals surface area contributed by atoms with Crippen molar-refractivity contribution in [1.29, 1.82) is 0 Å². The molecule has 8 heteroatoms. The van der Waals surface area contributed by atoms with Crippen LogP contribution < -0.4 is 14.4 Å². The highest BCUT2D eigenvalue weighted by Gasteiger charge is 2.42. The van der Waals surface area contributed by atoms with Crippen molar-refractivity contribution in [3.63, 3.8) is 0 Å². The number of ether oxygens (including phenoxy) is 1. The summed E-state index contributed by atoms with van der Waals surface area (Å²) in [6, 6.07) is 12.2. The van der Waals surface area contributed by atoms with Crippen molar-refractivity contribution in [1.82, 2.24) is 5.32 Å². The Balaban J connectivity index is 2.10. The second kappa shape index (κ2) is 6.99. The normalized spacial score (nSPS) is 19.8. The second-order valence-electron chi connectivity index (χ2n) is 5.72. The molecule has 2 aromatic carbocycles. The van der Waals surface area contributed by atoms with Crippen LogP contribution in [0, 0.1) is 5.82 Å². The van der Waals surface area contributed by atoms with Crippen molar-refractivity contribution < 1.29 is 22.7 Å². The van der Waals surface area contributed by atoms with E-state index in [1.807, 2.05) is 0 Å². The number of fused-ring (bicyclic) bond motifs is 1. The molecule has 134 valence electrons. The lowest BCUT2D eigenvalue weighted by Gasteiger charge is -2.36. The zero-order valence-electron chi connectivity index (χ0n) is 13.6. The van der Waals surface area contributed by atoms with Crippen molar-refractivity contribution >= 4 is 21.4 Å². The summed E-state index contributed by atoms with van der Waals surface area (Å²) in [5.41, 5.74) is -1.15.